The van der Waals surface area contributed by atoms with Crippen LogP contribution in [0.2, 0.25) is 0 Å². The maximum atomic E-state index is 14.0. The Morgan fingerprint density at radius 3 is 1.88 bits per heavy atom. The number of sulfonamides is 1. The summed E-state index contributed by atoms with van der Waals surface area (Å²) in [6.45, 7) is 13.6. The van der Waals surface area contributed by atoms with Gasteiger partial charge in [0, 0.05) is 13.1 Å². The molecule has 0 aliphatic carbocycles. The first-order valence-corrected chi connectivity index (χ1v) is 13.0. The lowest BCUT2D eigenvalue weighted by molar-refractivity contribution is -0.112. The van der Waals surface area contributed by atoms with Gasteiger partial charge in [-0.05, 0) is 53.5 Å². The summed E-state index contributed by atoms with van der Waals surface area (Å²) < 4.78 is 38.6. The van der Waals surface area contributed by atoms with E-state index in [2.05, 4.69) is 18.6 Å². The van der Waals surface area contributed by atoms with Crippen LogP contribution in [0, 0.1) is 0 Å². The molecular weight excluding hydrogens is 454 g/mol. The summed E-state index contributed by atoms with van der Waals surface area (Å²) in [7, 11) is -2.70. The Balaban J connectivity index is 3.54. The van der Waals surface area contributed by atoms with E-state index in [4.69, 9.17) is 4.74 Å². The maximum Gasteiger partial charge on any atom is 0.508 e. The normalized spacial score (nSPS) is 12.6. The van der Waals surface area contributed by atoms with E-state index >= 15 is 0 Å². The molecule has 0 fully saturated rings. The first kappa shape index (κ1) is 29.6. The fourth-order valence-corrected chi connectivity index (χ4v) is 5.37. The largest absolute Gasteiger partial charge is 0.508 e. The summed E-state index contributed by atoms with van der Waals surface area (Å²) in [6, 6.07) is 4.00. The van der Waals surface area contributed by atoms with E-state index in [1.807, 2.05) is 39.8 Å². The van der Waals surface area contributed by atoms with Gasteiger partial charge in [0.05, 0.1) is 12.0 Å². The third kappa shape index (κ3) is 8.40. The lowest BCUT2D eigenvalue weighted by Gasteiger charge is -2.27. The molecule has 0 saturated carbocycles. The molecule has 7 nitrogen and oxygen atoms in total. The van der Waals surface area contributed by atoms with Gasteiger partial charge in [-0.15, -0.1) is 0 Å². The van der Waals surface area contributed by atoms with Crippen molar-refractivity contribution in [1.29, 1.82) is 0 Å². The van der Waals surface area contributed by atoms with Gasteiger partial charge < -0.3 is 9.47 Å². The van der Waals surface area contributed by atoms with Gasteiger partial charge in [-0.1, -0.05) is 65.8 Å². The van der Waals surface area contributed by atoms with E-state index in [0.717, 1.165) is 16.7 Å². The fraction of sp³-hybridized carbons (Fsp3) is 0.538. The number of benzene rings is 1. The molecule has 190 valence electrons. The Hall–Kier alpha value is -2.45. The molecule has 0 bridgehead atoms. The van der Waals surface area contributed by atoms with Gasteiger partial charge in [-0.25, -0.2) is 13.2 Å². The molecular formula is C26H39NO6S. The average molecular weight is 494 g/mol. The highest BCUT2D eigenvalue weighted by Crippen LogP contribution is 2.36. The predicted molar refractivity (Wildman–Crippen MR) is 135 cm³/mol. The number of ether oxygens (including phenoxy) is 2. The topological polar surface area (TPSA) is 90.0 Å². The molecule has 0 unspecified atom stereocenters. The van der Waals surface area contributed by atoms with E-state index in [0.29, 0.717) is 4.90 Å². The molecule has 0 spiro atoms. The average Bonchev–Trinajstić information content (AvgIpc) is 2.75. The van der Waals surface area contributed by atoms with Crippen molar-refractivity contribution in [3.05, 3.63) is 53.1 Å². The van der Waals surface area contributed by atoms with E-state index in [9.17, 15) is 18.0 Å². The summed E-state index contributed by atoms with van der Waals surface area (Å²) in [6.07, 6.45) is 5.27. The van der Waals surface area contributed by atoms with Crippen LogP contribution in [0.3, 0.4) is 0 Å². The standard InChI is InChI=1S/C26H39NO6S/c1-18(2)22-16-23(19(3)4)25(24(17-22)20(5)6)34(30,31)27(14-11-12-21(7)28)13-9-10-15-33-26(29)32-8/h9-12,16-20H,13-15H2,1-8H3/b10-9-,12-11+. The van der Waals surface area contributed by atoms with Crippen molar-refractivity contribution >= 4 is 22.0 Å². The van der Waals surface area contributed by atoms with Gasteiger partial charge in [-0.2, -0.15) is 4.31 Å². The second-order valence-corrected chi connectivity index (χ2v) is 10.9. The van der Waals surface area contributed by atoms with Gasteiger partial charge in [0.1, 0.15) is 6.61 Å². The minimum Gasteiger partial charge on any atom is -0.438 e. The van der Waals surface area contributed by atoms with Crippen LogP contribution in [0.1, 0.15) is 82.9 Å². The number of nitrogens with zero attached hydrogens (tertiary/aromatic N) is 1. The number of carbonyl (C=O) groups excluding carboxylic acids is 2. The number of rotatable bonds is 12. The summed E-state index contributed by atoms with van der Waals surface area (Å²) >= 11 is 0. The quantitative estimate of drug-likeness (QED) is 0.216. The van der Waals surface area contributed by atoms with Crippen LogP contribution in [-0.2, 0) is 24.3 Å². The zero-order valence-electron chi connectivity index (χ0n) is 21.6. The summed E-state index contributed by atoms with van der Waals surface area (Å²) in [5, 5.41) is 0. The van der Waals surface area contributed by atoms with Crippen molar-refractivity contribution in [2.24, 2.45) is 0 Å². The summed E-state index contributed by atoms with van der Waals surface area (Å²) in [5.74, 6) is 0.102. The van der Waals surface area contributed by atoms with Crippen LogP contribution in [0.15, 0.2) is 41.3 Å². The summed E-state index contributed by atoms with van der Waals surface area (Å²) in [5.41, 5.74) is 2.68. The molecule has 1 rings (SSSR count). The zero-order chi connectivity index (χ0) is 26.1. The molecule has 1 aromatic rings. The first-order chi connectivity index (χ1) is 15.8. The third-order valence-corrected chi connectivity index (χ3v) is 7.24. The molecule has 34 heavy (non-hydrogen) atoms. The fourth-order valence-electron chi connectivity index (χ4n) is 3.36. The smallest absolute Gasteiger partial charge is 0.438 e. The van der Waals surface area contributed by atoms with Crippen molar-refractivity contribution in [2.75, 3.05) is 26.8 Å². The minimum absolute atomic E-state index is 0.000384. The van der Waals surface area contributed by atoms with Gasteiger partial charge in [0.15, 0.2) is 5.78 Å². The molecule has 0 aromatic heterocycles. The molecule has 1 aromatic carbocycles. The van der Waals surface area contributed by atoms with Crippen molar-refractivity contribution in [3.63, 3.8) is 0 Å². The number of allylic oxidation sites excluding steroid dienone is 1. The van der Waals surface area contributed by atoms with Crippen LogP contribution in [0.4, 0.5) is 4.79 Å². The highest BCUT2D eigenvalue weighted by atomic mass is 32.2. The number of hydrogen-bond acceptors (Lipinski definition) is 6. The van der Waals surface area contributed by atoms with E-state index < -0.39 is 16.2 Å². The highest BCUT2D eigenvalue weighted by molar-refractivity contribution is 7.89. The SMILES string of the molecule is COC(=O)OC/C=C\CN(C/C=C/C(C)=O)S(=O)(=O)c1c(C(C)C)cc(C(C)C)cc1C(C)C. The first-order valence-electron chi connectivity index (χ1n) is 11.5. The van der Waals surface area contributed by atoms with E-state index in [1.165, 1.54) is 24.4 Å². The second kappa shape index (κ2) is 13.4. The predicted octanol–water partition coefficient (Wildman–Crippen LogP) is 5.53. The monoisotopic (exact) mass is 493 g/mol. The summed E-state index contributed by atoms with van der Waals surface area (Å²) in [4.78, 5) is 22.8. The molecule has 0 aliphatic rings. The van der Waals surface area contributed by atoms with Crippen molar-refractivity contribution in [2.45, 2.75) is 71.1 Å². The maximum absolute atomic E-state index is 14.0. The Kier molecular flexibility index (Phi) is 11.7. The molecule has 8 heteroatoms. The van der Waals surface area contributed by atoms with Crippen LogP contribution >= 0.6 is 0 Å². The van der Waals surface area contributed by atoms with E-state index in [-0.39, 0.29) is 43.2 Å². The molecule has 0 radical (unpaired) electrons. The molecule has 0 atom stereocenters. The number of ketones is 1. The Morgan fingerprint density at radius 2 is 1.44 bits per heavy atom. The second-order valence-electron chi connectivity index (χ2n) is 9.06. The van der Waals surface area contributed by atoms with Crippen molar-refractivity contribution in [3.8, 4) is 0 Å². The Morgan fingerprint density at radius 1 is 0.912 bits per heavy atom. The van der Waals surface area contributed by atoms with Crippen LogP contribution in [-0.4, -0.2) is 51.5 Å². The van der Waals surface area contributed by atoms with Gasteiger partial charge in [0.25, 0.3) is 0 Å². The van der Waals surface area contributed by atoms with E-state index in [1.54, 1.807) is 18.2 Å². The molecule has 0 aliphatic heterocycles. The zero-order valence-corrected chi connectivity index (χ0v) is 22.4. The Bertz CT molecular complexity index is 977. The van der Waals surface area contributed by atoms with Gasteiger partial charge >= 0.3 is 6.16 Å². The lowest BCUT2D eigenvalue weighted by Crippen LogP contribution is -2.33. The van der Waals surface area contributed by atoms with Crippen molar-refractivity contribution in [1.82, 2.24) is 4.31 Å². The molecule has 0 heterocycles. The van der Waals surface area contributed by atoms with Crippen LogP contribution in [0.25, 0.3) is 0 Å². The number of methoxy groups -OCH3 is 1. The van der Waals surface area contributed by atoms with Gasteiger partial charge in [-0.3, -0.25) is 4.79 Å². The number of hydrogen-bond donors (Lipinski definition) is 0. The minimum atomic E-state index is -3.91. The Labute approximate surface area is 204 Å². The van der Waals surface area contributed by atoms with Crippen molar-refractivity contribution < 1.29 is 27.5 Å². The van der Waals surface area contributed by atoms with Gasteiger partial charge in [0.2, 0.25) is 10.0 Å². The molecule has 0 N–H and O–H groups in total. The lowest BCUT2D eigenvalue weighted by atomic mass is 9.89. The highest BCUT2D eigenvalue weighted by Gasteiger charge is 2.31. The molecule has 0 amide bonds. The van der Waals surface area contributed by atoms with Crippen LogP contribution in [0.5, 0.6) is 0 Å². The third-order valence-electron chi connectivity index (χ3n) is 5.28. The van der Waals surface area contributed by atoms with Crippen LogP contribution < -0.4 is 0 Å². The number of carbonyl (C=O) groups is 2. The molecule has 0 saturated heterocycles.